The Bertz CT molecular complexity index is 1640. The van der Waals surface area contributed by atoms with Crippen LogP contribution >= 0.6 is 0 Å². The van der Waals surface area contributed by atoms with Crippen LogP contribution in [-0.2, 0) is 13.0 Å². The van der Waals surface area contributed by atoms with Crippen LogP contribution in [0, 0.1) is 0 Å². The van der Waals surface area contributed by atoms with E-state index < -0.39 is 11.4 Å². The number of anilines is 3. The van der Waals surface area contributed by atoms with Crippen LogP contribution in [0.1, 0.15) is 40.4 Å². The standard InChI is InChI=1S/C27H26N6O4/c1-37-23-10-21-15(6-7-32(21)12-16-11-30-27(29)31-25(16)28)8-19(23)14-2-5-18-22(9-14)33(17-3-4-17)13-20(24(18)34)26(35)36/h2,5,8-11,13,17H,3-4,6-7,12H2,1H3,(H,35,36)(H4,28,29,30,31). The minimum Gasteiger partial charge on any atom is -0.496 e. The molecule has 1 fully saturated rings. The molecule has 0 amide bonds. The Balaban J connectivity index is 1.42. The Hall–Kier alpha value is -4.60. The average molecular weight is 499 g/mol. The Morgan fingerprint density at radius 2 is 2.03 bits per heavy atom. The molecule has 0 saturated heterocycles. The van der Waals surface area contributed by atoms with Gasteiger partial charge in [0.1, 0.15) is 17.1 Å². The first-order valence-corrected chi connectivity index (χ1v) is 12.1. The van der Waals surface area contributed by atoms with Gasteiger partial charge in [0, 0.05) is 59.8 Å². The number of methoxy groups -OCH3 is 1. The number of hydrogen-bond donors (Lipinski definition) is 3. The lowest BCUT2D eigenvalue weighted by atomic mass is 9.98. The van der Waals surface area contributed by atoms with Gasteiger partial charge in [-0.1, -0.05) is 6.07 Å². The van der Waals surface area contributed by atoms with Crippen molar-refractivity contribution in [3.05, 3.63) is 69.6 Å². The van der Waals surface area contributed by atoms with Gasteiger partial charge >= 0.3 is 5.97 Å². The number of carboxylic acids is 1. The minimum atomic E-state index is -1.21. The average Bonchev–Trinajstić information content (AvgIpc) is 3.65. The van der Waals surface area contributed by atoms with Gasteiger partial charge in [0.15, 0.2) is 0 Å². The van der Waals surface area contributed by atoms with Crippen LogP contribution in [-0.4, -0.2) is 39.3 Å². The van der Waals surface area contributed by atoms with Crippen LogP contribution in [0.2, 0.25) is 0 Å². The maximum atomic E-state index is 12.9. The maximum absolute atomic E-state index is 12.9. The highest BCUT2D eigenvalue weighted by molar-refractivity contribution is 5.94. The molecular formula is C27H26N6O4. The van der Waals surface area contributed by atoms with Crippen LogP contribution in [0.3, 0.4) is 0 Å². The number of nitrogens with zero attached hydrogens (tertiary/aromatic N) is 4. The van der Waals surface area contributed by atoms with Crippen molar-refractivity contribution in [2.24, 2.45) is 0 Å². The molecule has 1 aliphatic heterocycles. The third kappa shape index (κ3) is 3.90. The highest BCUT2D eigenvalue weighted by Gasteiger charge is 2.28. The van der Waals surface area contributed by atoms with Crippen molar-refractivity contribution in [1.82, 2.24) is 14.5 Å². The molecule has 2 aliphatic rings. The van der Waals surface area contributed by atoms with Crippen molar-refractivity contribution >= 4 is 34.3 Å². The Labute approximate surface area is 212 Å². The number of rotatable bonds is 6. The zero-order valence-corrected chi connectivity index (χ0v) is 20.3. The summed E-state index contributed by atoms with van der Waals surface area (Å²) in [5.41, 5.74) is 16.6. The predicted octanol–water partition coefficient (Wildman–Crippen LogP) is 3.23. The molecule has 10 nitrogen and oxygen atoms in total. The molecule has 0 unspecified atom stereocenters. The Morgan fingerprint density at radius 1 is 1.22 bits per heavy atom. The highest BCUT2D eigenvalue weighted by Crippen LogP contribution is 2.42. The second-order valence-electron chi connectivity index (χ2n) is 9.54. The summed E-state index contributed by atoms with van der Waals surface area (Å²) in [6.45, 7) is 1.36. The molecule has 37 heavy (non-hydrogen) atoms. The second kappa shape index (κ2) is 8.51. The molecule has 2 aromatic carbocycles. The van der Waals surface area contributed by atoms with Crippen LogP contribution in [0.15, 0.2) is 47.5 Å². The summed E-state index contributed by atoms with van der Waals surface area (Å²) in [5.74, 6) is 0.0148. The van der Waals surface area contributed by atoms with Gasteiger partial charge in [0.05, 0.1) is 12.6 Å². The van der Waals surface area contributed by atoms with Crippen molar-refractivity contribution in [3.8, 4) is 16.9 Å². The molecule has 10 heteroatoms. The zero-order chi connectivity index (χ0) is 25.8. The lowest BCUT2D eigenvalue weighted by Crippen LogP contribution is -2.21. The first-order valence-electron chi connectivity index (χ1n) is 12.1. The van der Waals surface area contributed by atoms with E-state index in [9.17, 15) is 14.7 Å². The molecule has 1 aliphatic carbocycles. The third-order valence-electron chi connectivity index (χ3n) is 7.19. The van der Waals surface area contributed by atoms with Crippen molar-refractivity contribution in [1.29, 1.82) is 0 Å². The summed E-state index contributed by atoms with van der Waals surface area (Å²) in [7, 11) is 1.64. The normalized spacial score (nSPS) is 14.7. The number of carbonyl (C=O) groups is 1. The molecule has 5 N–H and O–H groups in total. The number of nitrogens with two attached hydrogens (primary N) is 2. The van der Waals surface area contributed by atoms with Gasteiger partial charge in [-0.3, -0.25) is 4.79 Å². The number of hydrogen-bond acceptors (Lipinski definition) is 8. The lowest BCUT2D eigenvalue weighted by molar-refractivity contribution is 0.0695. The largest absolute Gasteiger partial charge is 0.496 e. The van der Waals surface area contributed by atoms with Crippen molar-refractivity contribution in [2.45, 2.75) is 31.8 Å². The number of fused-ring (bicyclic) bond motifs is 2. The smallest absolute Gasteiger partial charge is 0.341 e. The van der Waals surface area contributed by atoms with Gasteiger partial charge in [0.2, 0.25) is 11.4 Å². The lowest BCUT2D eigenvalue weighted by Gasteiger charge is -2.21. The van der Waals surface area contributed by atoms with Crippen molar-refractivity contribution < 1.29 is 14.6 Å². The molecule has 4 aromatic rings. The molecule has 0 radical (unpaired) electrons. The van der Waals surface area contributed by atoms with E-state index in [1.165, 1.54) is 11.8 Å². The van der Waals surface area contributed by atoms with Crippen molar-refractivity contribution in [2.75, 3.05) is 30.0 Å². The van der Waals surface area contributed by atoms with Crippen LogP contribution in [0.4, 0.5) is 17.5 Å². The van der Waals surface area contributed by atoms with E-state index in [0.29, 0.717) is 23.5 Å². The number of nitrogen functional groups attached to an aromatic ring is 2. The van der Waals surface area contributed by atoms with Crippen LogP contribution in [0.5, 0.6) is 5.75 Å². The fourth-order valence-corrected chi connectivity index (χ4v) is 5.13. The third-order valence-corrected chi connectivity index (χ3v) is 7.19. The molecular weight excluding hydrogens is 472 g/mol. The summed E-state index contributed by atoms with van der Waals surface area (Å²) in [5, 5.41) is 9.94. The fourth-order valence-electron chi connectivity index (χ4n) is 5.13. The number of carboxylic acid groups (broad SMARTS) is 1. The molecule has 0 spiro atoms. The molecule has 188 valence electrons. The maximum Gasteiger partial charge on any atom is 0.341 e. The Kier molecular flexibility index (Phi) is 5.25. The van der Waals surface area contributed by atoms with E-state index in [-0.39, 0.29) is 17.6 Å². The SMILES string of the molecule is COc1cc2c(cc1-c1ccc3c(=O)c(C(=O)O)cn(C4CC4)c3c1)CCN2Cc1cnc(N)nc1N. The number of pyridine rings is 1. The first-order chi connectivity index (χ1) is 17.8. The summed E-state index contributed by atoms with van der Waals surface area (Å²) >= 11 is 0. The number of ether oxygens (including phenoxy) is 1. The zero-order valence-electron chi connectivity index (χ0n) is 20.3. The van der Waals surface area contributed by atoms with Gasteiger partial charge in [-0.2, -0.15) is 4.98 Å². The topological polar surface area (TPSA) is 150 Å². The summed E-state index contributed by atoms with van der Waals surface area (Å²) in [6, 6.07) is 9.90. The summed E-state index contributed by atoms with van der Waals surface area (Å²) < 4.78 is 7.74. The number of aromatic carboxylic acids is 1. The summed E-state index contributed by atoms with van der Waals surface area (Å²) in [6.07, 6.45) is 5.92. The Morgan fingerprint density at radius 3 is 2.73 bits per heavy atom. The number of benzene rings is 2. The minimum absolute atomic E-state index is 0.149. The van der Waals surface area contributed by atoms with Gasteiger partial charge in [-0.25, -0.2) is 9.78 Å². The quantitative estimate of drug-likeness (QED) is 0.364. The van der Waals surface area contributed by atoms with Crippen LogP contribution < -0.4 is 26.5 Å². The van der Waals surface area contributed by atoms with E-state index in [2.05, 4.69) is 20.9 Å². The van der Waals surface area contributed by atoms with E-state index in [1.54, 1.807) is 19.4 Å². The van der Waals surface area contributed by atoms with Gasteiger partial charge < -0.3 is 30.8 Å². The second-order valence-corrected chi connectivity index (χ2v) is 9.54. The molecule has 1 saturated carbocycles. The van der Waals surface area contributed by atoms with Gasteiger partial charge in [-0.15, -0.1) is 0 Å². The van der Waals surface area contributed by atoms with Gasteiger partial charge in [-0.05, 0) is 48.6 Å². The first kappa shape index (κ1) is 22.8. The molecule has 0 bridgehead atoms. The van der Waals surface area contributed by atoms with Crippen LogP contribution in [0.25, 0.3) is 22.0 Å². The molecule has 0 atom stereocenters. The van der Waals surface area contributed by atoms with E-state index in [4.69, 9.17) is 16.2 Å². The number of aromatic nitrogens is 3. The van der Waals surface area contributed by atoms with Gasteiger partial charge in [0.25, 0.3) is 0 Å². The van der Waals surface area contributed by atoms with E-state index >= 15 is 0 Å². The van der Waals surface area contributed by atoms with E-state index in [0.717, 1.165) is 53.7 Å². The molecule has 3 heterocycles. The van der Waals surface area contributed by atoms with Crippen molar-refractivity contribution in [3.63, 3.8) is 0 Å². The molecule has 2 aromatic heterocycles. The predicted molar refractivity (Wildman–Crippen MR) is 141 cm³/mol. The highest BCUT2D eigenvalue weighted by atomic mass is 16.5. The molecule has 6 rings (SSSR count). The van der Waals surface area contributed by atoms with E-state index in [1.807, 2.05) is 22.8 Å². The summed E-state index contributed by atoms with van der Waals surface area (Å²) in [4.78, 5) is 34.9. The monoisotopic (exact) mass is 498 g/mol. The fraction of sp³-hybridized carbons (Fsp3) is 0.259.